The van der Waals surface area contributed by atoms with E-state index in [4.69, 9.17) is 5.73 Å². The molecule has 0 spiro atoms. The van der Waals surface area contributed by atoms with E-state index in [0.29, 0.717) is 17.9 Å². The van der Waals surface area contributed by atoms with Crippen LogP contribution in [0.4, 0.5) is 15.8 Å². The van der Waals surface area contributed by atoms with Gasteiger partial charge in [-0.2, -0.15) is 0 Å². The summed E-state index contributed by atoms with van der Waals surface area (Å²) in [6, 6.07) is 3.99. The van der Waals surface area contributed by atoms with Crippen LogP contribution in [0.3, 0.4) is 0 Å². The number of nitrogens with one attached hydrogen (secondary N) is 1. The molecule has 0 radical (unpaired) electrons. The zero-order valence-electron chi connectivity index (χ0n) is 11.7. The Balaban J connectivity index is 1.89. The number of carbonyl (C=O) groups excluding carboxylic acids is 1. The zero-order chi connectivity index (χ0) is 14.4. The minimum Gasteiger partial charge on any atom is -0.397 e. The fourth-order valence-corrected chi connectivity index (χ4v) is 2.50. The standard InChI is InChI=1S/C15H22FN3O/c16-12-6-7-13(17)14(10-12)18-15(20)11-19-8-4-2-1-3-5-9-19/h6-7,10H,1-5,8-9,11,17H2,(H,18,20). The number of rotatable bonds is 3. The first-order chi connectivity index (χ1) is 9.65. The Morgan fingerprint density at radius 3 is 2.55 bits per heavy atom. The van der Waals surface area contributed by atoms with E-state index in [0.717, 1.165) is 25.9 Å². The fraction of sp³-hybridized carbons (Fsp3) is 0.533. The SMILES string of the molecule is Nc1ccc(F)cc1NC(=O)CN1CCCCCCC1. The molecule has 20 heavy (non-hydrogen) atoms. The molecule has 110 valence electrons. The summed E-state index contributed by atoms with van der Waals surface area (Å²) in [4.78, 5) is 14.2. The number of nitrogen functional groups attached to an aromatic ring is 1. The largest absolute Gasteiger partial charge is 0.397 e. The van der Waals surface area contributed by atoms with Crippen LogP contribution < -0.4 is 11.1 Å². The molecule has 0 aliphatic carbocycles. The smallest absolute Gasteiger partial charge is 0.238 e. The highest BCUT2D eigenvalue weighted by Gasteiger charge is 2.13. The number of halogens is 1. The lowest BCUT2D eigenvalue weighted by Gasteiger charge is -2.23. The number of carbonyl (C=O) groups is 1. The minimum atomic E-state index is -0.402. The van der Waals surface area contributed by atoms with E-state index in [1.807, 2.05) is 0 Å². The lowest BCUT2D eigenvalue weighted by molar-refractivity contribution is -0.117. The van der Waals surface area contributed by atoms with Gasteiger partial charge in [0.2, 0.25) is 5.91 Å². The third-order valence-corrected chi connectivity index (χ3v) is 3.61. The van der Waals surface area contributed by atoms with Crippen LogP contribution in [0.2, 0.25) is 0 Å². The molecule has 2 rings (SSSR count). The summed E-state index contributed by atoms with van der Waals surface area (Å²) in [7, 11) is 0. The number of likely N-dealkylation sites (tertiary alicyclic amines) is 1. The Morgan fingerprint density at radius 2 is 1.85 bits per heavy atom. The molecule has 1 fully saturated rings. The molecule has 1 aliphatic rings. The van der Waals surface area contributed by atoms with Crippen LogP contribution in [0.5, 0.6) is 0 Å². The number of hydrogen-bond donors (Lipinski definition) is 2. The fourth-order valence-electron chi connectivity index (χ4n) is 2.50. The lowest BCUT2D eigenvalue weighted by atomic mass is 10.1. The summed E-state index contributed by atoms with van der Waals surface area (Å²) in [5.74, 6) is -0.538. The Bertz CT molecular complexity index is 456. The van der Waals surface area contributed by atoms with Crippen molar-refractivity contribution in [2.45, 2.75) is 32.1 Å². The quantitative estimate of drug-likeness (QED) is 0.836. The third-order valence-electron chi connectivity index (χ3n) is 3.61. The Labute approximate surface area is 119 Å². The molecule has 0 saturated carbocycles. The summed E-state index contributed by atoms with van der Waals surface area (Å²) in [5, 5.41) is 2.69. The molecule has 5 heteroatoms. The molecule has 1 aromatic rings. The van der Waals surface area contributed by atoms with Crippen molar-refractivity contribution in [2.24, 2.45) is 0 Å². The molecule has 1 aromatic carbocycles. The van der Waals surface area contributed by atoms with E-state index in [1.54, 1.807) is 0 Å². The number of benzene rings is 1. The van der Waals surface area contributed by atoms with Gasteiger partial charge in [0, 0.05) is 0 Å². The summed E-state index contributed by atoms with van der Waals surface area (Å²) in [5.41, 5.74) is 6.45. The maximum atomic E-state index is 13.1. The van der Waals surface area contributed by atoms with Crippen molar-refractivity contribution in [2.75, 3.05) is 30.7 Å². The van der Waals surface area contributed by atoms with Gasteiger partial charge in [0.15, 0.2) is 0 Å². The predicted molar refractivity (Wildman–Crippen MR) is 79.0 cm³/mol. The molecule has 0 aromatic heterocycles. The molecular weight excluding hydrogens is 257 g/mol. The minimum absolute atomic E-state index is 0.136. The maximum absolute atomic E-state index is 13.1. The second kappa shape index (κ2) is 7.24. The highest BCUT2D eigenvalue weighted by molar-refractivity contribution is 5.95. The Kier molecular flexibility index (Phi) is 5.35. The molecule has 3 N–H and O–H groups in total. The lowest BCUT2D eigenvalue weighted by Crippen LogP contribution is -2.35. The van der Waals surface area contributed by atoms with Crippen LogP contribution in [-0.2, 0) is 4.79 Å². The van der Waals surface area contributed by atoms with Crippen LogP contribution in [0.1, 0.15) is 32.1 Å². The van der Waals surface area contributed by atoms with Crippen LogP contribution in [0, 0.1) is 5.82 Å². The van der Waals surface area contributed by atoms with Crippen molar-refractivity contribution in [3.8, 4) is 0 Å². The van der Waals surface area contributed by atoms with E-state index < -0.39 is 5.82 Å². The van der Waals surface area contributed by atoms with Crippen LogP contribution >= 0.6 is 0 Å². The molecule has 1 aliphatic heterocycles. The second-order valence-corrected chi connectivity index (χ2v) is 5.32. The van der Waals surface area contributed by atoms with Crippen LogP contribution in [0.15, 0.2) is 18.2 Å². The molecule has 0 atom stereocenters. The van der Waals surface area contributed by atoms with Crippen molar-refractivity contribution in [3.63, 3.8) is 0 Å². The van der Waals surface area contributed by atoms with Gasteiger partial charge in [-0.3, -0.25) is 9.69 Å². The van der Waals surface area contributed by atoms with E-state index >= 15 is 0 Å². The number of amides is 1. The predicted octanol–water partition coefficient (Wildman–Crippen LogP) is 2.61. The summed E-state index contributed by atoms with van der Waals surface area (Å²) >= 11 is 0. The molecule has 0 bridgehead atoms. The second-order valence-electron chi connectivity index (χ2n) is 5.32. The summed E-state index contributed by atoms with van der Waals surface area (Å²) in [6.45, 7) is 2.24. The highest BCUT2D eigenvalue weighted by Crippen LogP contribution is 2.19. The van der Waals surface area contributed by atoms with E-state index in [2.05, 4.69) is 10.2 Å². The van der Waals surface area contributed by atoms with Crippen molar-refractivity contribution < 1.29 is 9.18 Å². The molecule has 1 saturated heterocycles. The van der Waals surface area contributed by atoms with Crippen LogP contribution in [-0.4, -0.2) is 30.4 Å². The van der Waals surface area contributed by atoms with Gasteiger partial charge in [0.25, 0.3) is 0 Å². The number of hydrogen-bond acceptors (Lipinski definition) is 3. The number of anilines is 2. The highest BCUT2D eigenvalue weighted by atomic mass is 19.1. The van der Waals surface area contributed by atoms with Gasteiger partial charge >= 0.3 is 0 Å². The summed E-state index contributed by atoms with van der Waals surface area (Å²) < 4.78 is 13.1. The van der Waals surface area contributed by atoms with Crippen molar-refractivity contribution >= 4 is 17.3 Å². The Morgan fingerprint density at radius 1 is 1.20 bits per heavy atom. The van der Waals surface area contributed by atoms with Gasteiger partial charge in [-0.25, -0.2) is 4.39 Å². The van der Waals surface area contributed by atoms with Crippen molar-refractivity contribution in [1.82, 2.24) is 4.90 Å². The molecule has 0 unspecified atom stereocenters. The van der Waals surface area contributed by atoms with E-state index in [9.17, 15) is 9.18 Å². The zero-order valence-corrected chi connectivity index (χ0v) is 11.7. The first-order valence-corrected chi connectivity index (χ1v) is 7.22. The topological polar surface area (TPSA) is 58.4 Å². The van der Waals surface area contributed by atoms with Crippen LogP contribution in [0.25, 0.3) is 0 Å². The first kappa shape index (κ1) is 14.8. The Hall–Kier alpha value is -1.62. The van der Waals surface area contributed by atoms with Gasteiger partial charge in [0.05, 0.1) is 17.9 Å². The maximum Gasteiger partial charge on any atom is 0.238 e. The van der Waals surface area contributed by atoms with Crippen molar-refractivity contribution in [3.05, 3.63) is 24.0 Å². The third kappa shape index (κ3) is 4.49. The van der Waals surface area contributed by atoms with Gasteiger partial charge in [-0.1, -0.05) is 19.3 Å². The monoisotopic (exact) mass is 279 g/mol. The molecular formula is C15H22FN3O. The normalized spacial score (nSPS) is 17.2. The van der Waals surface area contributed by atoms with Gasteiger partial charge in [-0.15, -0.1) is 0 Å². The van der Waals surface area contributed by atoms with Gasteiger partial charge < -0.3 is 11.1 Å². The molecule has 1 heterocycles. The molecule has 4 nitrogen and oxygen atoms in total. The average Bonchev–Trinajstić information content (AvgIpc) is 2.37. The van der Waals surface area contributed by atoms with E-state index in [1.165, 1.54) is 37.5 Å². The van der Waals surface area contributed by atoms with E-state index in [-0.39, 0.29) is 5.91 Å². The number of nitrogens with two attached hydrogens (primary N) is 1. The van der Waals surface area contributed by atoms with Gasteiger partial charge in [-0.05, 0) is 44.1 Å². The van der Waals surface area contributed by atoms with Crippen molar-refractivity contribution in [1.29, 1.82) is 0 Å². The summed E-state index contributed by atoms with van der Waals surface area (Å²) in [6.07, 6.45) is 6.02. The number of nitrogens with zero attached hydrogens (tertiary/aromatic N) is 1. The van der Waals surface area contributed by atoms with Gasteiger partial charge in [0.1, 0.15) is 5.82 Å². The average molecular weight is 279 g/mol. The molecule has 1 amide bonds. The first-order valence-electron chi connectivity index (χ1n) is 7.22.